The van der Waals surface area contributed by atoms with Gasteiger partial charge < -0.3 is 10.1 Å². The van der Waals surface area contributed by atoms with E-state index in [4.69, 9.17) is 4.74 Å². The van der Waals surface area contributed by atoms with Gasteiger partial charge in [-0.3, -0.25) is 4.79 Å². The monoisotopic (exact) mass is 318 g/mol. The van der Waals surface area contributed by atoms with Gasteiger partial charge >= 0.3 is 0 Å². The Balaban J connectivity index is 1.88. The van der Waals surface area contributed by atoms with Gasteiger partial charge in [0.25, 0.3) is 0 Å². The number of hydrogen-bond acceptors (Lipinski definition) is 4. The number of pyridine rings is 1. The lowest BCUT2D eigenvalue weighted by atomic mass is 10.0. The molecule has 1 atom stereocenters. The molecule has 0 bridgehead atoms. The zero-order valence-corrected chi connectivity index (χ0v) is 12.4. The highest BCUT2D eigenvalue weighted by atomic mass is 19.1. The predicted molar refractivity (Wildman–Crippen MR) is 80.3 cm³/mol. The molecule has 2 heterocycles. The van der Waals surface area contributed by atoms with Gasteiger partial charge in [0.15, 0.2) is 5.78 Å². The number of halogens is 2. The Morgan fingerprint density at radius 3 is 2.74 bits per heavy atom. The number of ether oxygens (including phenoxy) is 1. The molecule has 0 aliphatic carbocycles. The first-order chi connectivity index (χ1) is 11.1. The molecular weight excluding hydrogens is 302 g/mol. The van der Waals surface area contributed by atoms with Gasteiger partial charge in [0, 0.05) is 25.1 Å². The Labute approximate surface area is 132 Å². The van der Waals surface area contributed by atoms with Crippen LogP contribution in [0.5, 0.6) is 0 Å². The number of nitrogens with zero attached hydrogens (tertiary/aromatic N) is 1. The summed E-state index contributed by atoms with van der Waals surface area (Å²) in [6, 6.07) is 10.4. The molecule has 2 aromatic rings. The van der Waals surface area contributed by atoms with E-state index in [1.165, 1.54) is 6.07 Å². The van der Waals surface area contributed by atoms with Gasteiger partial charge in [-0.2, -0.15) is 13.8 Å². The number of morpholine rings is 1. The van der Waals surface area contributed by atoms with Crippen LogP contribution in [0.25, 0.3) is 0 Å². The molecule has 0 spiro atoms. The fourth-order valence-electron chi connectivity index (χ4n) is 2.53. The van der Waals surface area contributed by atoms with Gasteiger partial charge in [0.05, 0.1) is 12.2 Å². The Morgan fingerprint density at radius 2 is 2.04 bits per heavy atom. The normalized spacial score (nSPS) is 17.9. The Bertz CT molecular complexity index is 701. The van der Waals surface area contributed by atoms with Crippen LogP contribution in [0.4, 0.5) is 8.78 Å². The minimum absolute atomic E-state index is 0.185. The molecule has 0 amide bonds. The second-order valence-electron chi connectivity index (χ2n) is 5.37. The molecule has 1 aromatic heterocycles. The molecule has 4 nitrogen and oxygen atoms in total. The third kappa shape index (κ3) is 3.60. The van der Waals surface area contributed by atoms with Crippen molar-refractivity contribution in [2.75, 3.05) is 19.7 Å². The van der Waals surface area contributed by atoms with Crippen molar-refractivity contribution in [1.82, 2.24) is 10.3 Å². The lowest BCUT2D eigenvalue weighted by Gasteiger charge is -2.22. The number of aromatic nitrogens is 1. The van der Waals surface area contributed by atoms with Crippen molar-refractivity contribution in [1.29, 1.82) is 0 Å². The zero-order valence-electron chi connectivity index (χ0n) is 12.4. The van der Waals surface area contributed by atoms with Gasteiger partial charge in [0.1, 0.15) is 6.10 Å². The van der Waals surface area contributed by atoms with Crippen molar-refractivity contribution < 1.29 is 18.3 Å². The first kappa shape index (κ1) is 15.7. The maximum Gasteiger partial charge on any atom is 0.226 e. The second kappa shape index (κ2) is 6.93. The van der Waals surface area contributed by atoms with E-state index in [0.717, 1.165) is 5.56 Å². The summed E-state index contributed by atoms with van der Waals surface area (Å²) in [4.78, 5) is 15.6. The lowest BCUT2D eigenvalue weighted by Crippen LogP contribution is -2.43. The van der Waals surface area contributed by atoms with Crippen LogP contribution in [0.1, 0.15) is 21.5 Å². The molecule has 1 aliphatic heterocycles. The van der Waals surface area contributed by atoms with Gasteiger partial charge in [0.2, 0.25) is 11.9 Å². The van der Waals surface area contributed by atoms with Crippen LogP contribution >= 0.6 is 0 Å². The molecular formula is C17H16F2N2O2. The number of benzene rings is 1. The van der Waals surface area contributed by atoms with E-state index >= 15 is 0 Å². The van der Waals surface area contributed by atoms with Crippen LogP contribution in [0.15, 0.2) is 36.4 Å². The molecule has 0 saturated carbocycles. The smallest absolute Gasteiger partial charge is 0.226 e. The van der Waals surface area contributed by atoms with Crippen molar-refractivity contribution in [2.24, 2.45) is 0 Å². The summed E-state index contributed by atoms with van der Waals surface area (Å²) >= 11 is 0. The highest BCUT2D eigenvalue weighted by molar-refractivity contribution is 5.99. The summed E-state index contributed by atoms with van der Waals surface area (Å²) in [7, 11) is 0. The van der Waals surface area contributed by atoms with Crippen LogP contribution in [-0.2, 0) is 11.2 Å². The standard InChI is InChI=1S/C17H16F2N2O2/c18-16-12(8-11-4-2-1-3-5-11)9-13(17(19)21-16)15(22)14-10-20-6-7-23-14/h1-5,9,14,20H,6-8,10H2. The SMILES string of the molecule is O=C(c1cc(Cc2ccccc2)c(F)nc1F)C1CNCCO1. The summed E-state index contributed by atoms with van der Waals surface area (Å²) in [6.45, 7) is 1.33. The highest BCUT2D eigenvalue weighted by Gasteiger charge is 2.27. The maximum atomic E-state index is 13.9. The van der Waals surface area contributed by atoms with Crippen molar-refractivity contribution >= 4 is 5.78 Å². The molecule has 1 fully saturated rings. The van der Waals surface area contributed by atoms with E-state index in [-0.39, 0.29) is 17.5 Å². The van der Waals surface area contributed by atoms with Gasteiger partial charge in [-0.1, -0.05) is 30.3 Å². The van der Waals surface area contributed by atoms with Gasteiger partial charge in [-0.15, -0.1) is 0 Å². The van der Waals surface area contributed by atoms with Crippen molar-refractivity contribution in [3.8, 4) is 0 Å². The number of carbonyl (C=O) groups is 1. The number of ketones is 1. The number of rotatable bonds is 4. The van der Waals surface area contributed by atoms with E-state index in [0.29, 0.717) is 19.7 Å². The Morgan fingerprint density at radius 1 is 1.26 bits per heavy atom. The first-order valence-electron chi connectivity index (χ1n) is 7.40. The Kier molecular flexibility index (Phi) is 4.73. The fourth-order valence-corrected chi connectivity index (χ4v) is 2.53. The largest absolute Gasteiger partial charge is 0.367 e. The van der Waals surface area contributed by atoms with Crippen molar-refractivity contribution in [3.63, 3.8) is 0 Å². The maximum absolute atomic E-state index is 13.9. The van der Waals surface area contributed by atoms with Crippen molar-refractivity contribution in [3.05, 3.63) is 65.0 Å². The fraction of sp³-hybridized carbons (Fsp3) is 0.294. The number of carbonyl (C=O) groups excluding carboxylic acids is 1. The first-order valence-corrected chi connectivity index (χ1v) is 7.40. The minimum Gasteiger partial charge on any atom is -0.367 e. The topological polar surface area (TPSA) is 51.2 Å². The third-order valence-electron chi connectivity index (χ3n) is 3.73. The zero-order chi connectivity index (χ0) is 16.2. The third-order valence-corrected chi connectivity index (χ3v) is 3.73. The Hall–Kier alpha value is -2.18. The predicted octanol–water partition coefficient (Wildman–Crippen LogP) is 2.12. The molecule has 0 radical (unpaired) electrons. The lowest BCUT2D eigenvalue weighted by molar-refractivity contribution is 0.0265. The summed E-state index contributed by atoms with van der Waals surface area (Å²) in [6.07, 6.45) is -0.528. The average Bonchev–Trinajstić information content (AvgIpc) is 2.58. The number of hydrogen-bond donors (Lipinski definition) is 1. The van der Waals surface area contributed by atoms with Gasteiger partial charge in [-0.25, -0.2) is 0 Å². The number of nitrogens with one attached hydrogen (secondary N) is 1. The van der Waals surface area contributed by atoms with E-state index in [9.17, 15) is 13.6 Å². The molecule has 1 aliphatic rings. The summed E-state index contributed by atoms with van der Waals surface area (Å²) in [5.74, 6) is -2.51. The van der Waals surface area contributed by atoms with Crippen LogP contribution in [0, 0.1) is 11.9 Å². The van der Waals surface area contributed by atoms with Crippen LogP contribution in [0.2, 0.25) is 0 Å². The molecule has 120 valence electrons. The highest BCUT2D eigenvalue weighted by Crippen LogP contribution is 2.18. The molecule has 6 heteroatoms. The summed E-state index contributed by atoms with van der Waals surface area (Å²) in [5.41, 5.74) is 0.810. The van der Waals surface area contributed by atoms with E-state index in [1.54, 1.807) is 0 Å². The average molecular weight is 318 g/mol. The molecule has 23 heavy (non-hydrogen) atoms. The van der Waals surface area contributed by atoms with Crippen LogP contribution in [0.3, 0.4) is 0 Å². The van der Waals surface area contributed by atoms with Crippen LogP contribution in [-0.4, -0.2) is 36.6 Å². The molecule has 1 aromatic carbocycles. The minimum atomic E-state index is -1.10. The van der Waals surface area contributed by atoms with Gasteiger partial charge in [-0.05, 0) is 11.6 Å². The summed E-state index contributed by atoms with van der Waals surface area (Å²) in [5, 5.41) is 3.01. The van der Waals surface area contributed by atoms with Crippen LogP contribution < -0.4 is 5.32 Å². The second-order valence-corrected chi connectivity index (χ2v) is 5.37. The molecule has 1 unspecified atom stereocenters. The van der Waals surface area contributed by atoms with Crippen molar-refractivity contribution in [2.45, 2.75) is 12.5 Å². The molecule has 3 rings (SSSR count). The summed E-state index contributed by atoms with van der Waals surface area (Å²) < 4.78 is 33.2. The van der Waals surface area contributed by atoms with E-state index in [2.05, 4.69) is 10.3 Å². The molecule has 1 saturated heterocycles. The quantitative estimate of drug-likeness (QED) is 0.693. The molecule has 1 N–H and O–H groups in total. The number of Topliss-reactive ketones (excluding diaryl/α,β-unsaturated/α-hetero) is 1. The van der Waals surface area contributed by atoms with E-state index < -0.39 is 23.8 Å². The van der Waals surface area contributed by atoms with E-state index in [1.807, 2.05) is 30.3 Å².